The van der Waals surface area contributed by atoms with Crippen LogP contribution in [0.3, 0.4) is 0 Å². The molecule has 0 bridgehead atoms. The number of amides is 1. The average molecular weight is 278 g/mol. The minimum Gasteiger partial charge on any atom is -0.344 e. The Morgan fingerprint density at radius 2 is 1.74 bits per heavy atom. The second kappa shape index (κ2) is 4.89. The van der Waals surface area contributed by atoms with Gasteiger partial charge < -0.3 is 4.57 Å². The van der Waals surface area contributed by atoms with Crippen LogP contribution < -0.4 is 4.72 Å². The van der Waals surface area contributed by atoms with Gasteiger partial charge in [0.05, 0.1) is 4.90 Å². The van der Waals surface area contributed by atoms with E-state index in [1.54, 1.807) is 41.9 Å². The zero-order valence-corrected chi connectivity index (χ0v) is 11.4. The van der Waals surface area contributed by atoms with Crippen molar-refractivity contribution in [3.05, 3.63) is 53.9 Å². The lowest BCUT2D eigenvalue weighted by Crippen LogP contribution is -2.31. The van der Waals surface area contributed by atoms with Crippen molar-refractivity contribution in [1.29, 1.82) is 0 Å². The van der Waals surface area contributed by atoms with Crippen LogP contribution in [0, 0.1) is 6.92 Å². The van der Waals surface area contributed by atoms with Crippen LogP contribution in [0.2, 0.25) is 0 Å². The summed E-state index contributed by atoms with van der Waals surface area (Å²) in [5, 5.41) is 0. The molecule has 0 aliphatic heterocycles. The lowest BCUT2D eigenvalue weighted by molar-refractivity contribution is 0.0973. The fraction of sp³-hybridized carbons (Fsp3) is 0.154. The Morgan fingerprint density at radius 1 is 1.11 bits per heavy atom. The molecule has 100 valence electrons. The summed E-state index contributed by atoms with van der Waals surface area (Å²) in [4.78, 5) is 12.0. The van der Waals surface area contributed by atoms with Crippen LogP contribution in [-0.4, -0.2) is 18.9 Å². The minimum atomic E-state index is -3.83. The van der Waals surface area contributed by atoms with Crippen LogP contribution in [-0.2, 0) is 17.1 Å². The van der Waals surface area contributed by atoms with Crippen molar-refractivity contribution in [1.82, 2.24) is 9.29 Å². The average Bonchev–Trinajstić information content (AvgIpc) is 2.71. The lowest BCUT2D eigenvalue weighted by Gasteiger charge is -2.08. The quantitative estimate of drug-likeness (QED) is 0.924. The van der Waals surface area contributed by atoms with Gasteiger partial charge in [0, 0.05) is 12.7 Å². The van der Waals surface area contributed by atoms with Crippen LogP contribution in [0.4, 0.5) is 0 Å². The van der Waals surface area contributed by atoms with E-state index >= 15 is 0 Å². The molecule has 19 heavy (non-hydrogen) atoms. The highest BCUT2D eigenvalue weighted by molar-refractivity contribution is 7.90. The second-order valence-corrected chi connectivity index (χ2v) is 5.85. The van der Waals surface area contributed by atoms with Crippen molar-refractivity contribution in [3.8, 4) is 0 Å². The van der Waals surface area contributed by atoms with Crippen molar-refractivity contribution < 1.29 is 13.2 Å². The summed E-state index contributed by atoms with van der Waals surface area (Å²) in [5.74, 6) is -0.639. The number of carbonyl (C=O) groups is 1. The van der Waals surface area contributed by atoms with Crippen LogP contribution in [0.5, 0.6) is 0 Å². The number of nitrogens with one attached hydrogen (secondary N) is 1. The van der Waals surface area contributed by atoms with Crippen LogP contribution >= 0.6 is 0 Å². The summed E-state index contributed by atoms with van der Waals surface area (Å²) in [7, 11) is -2.12. The molecule has 1 N–H and O–H groups in total. The predicted molar refractivity (Wildman–Crippen MR) is 71.2 cm³/mol. The molecule has 0 atom stereocenters. The third-order valence-electron chi connectivity index (χ3n) is 2.89. The predicted octanol–water partition coefficient (Wildman–Crippen LogP) is 1.45. The van der Waals surface area contributed by atoms with Gasteiger partial charge in [0.25, 0.3) is 15.9 Å². The molecule has 0 unspecified atom stereocenters. The molecule has 0 saturated carbocycles. The number of benzene rings is 1. The van der Waals surface area contributed by atoms with Gasteiger partial charge in [-0.3, -0.25) is 4.79 Å². The van der Waals surface area contributed by atoms with Crippen LogP contribution in [0.15, 0.2) is 47.4 Å². The molecule has 0 aliphatic carbocycles. The van der Waals surface area contributed by atoms with Crippen molar-refractivity contribution in [2.75, 3.05) is 0 Å². The molecule has 0 radical (unpaired) electrons. The number of nitrogens with zero attached hydrogens (tertiary/aromatic N) is 1. The third-order valence-corrected chi connectivity index (χ3v) is 4.23. The summed E-state index contributed by atoms with van der Waals surface area (Å²) in [6.45, 7) is 1.84. The Kier molecular flexibility index (Phi) is 3.44. The molecule has 1 aromatic heterocycles. The van der Waals surface area contributed by atoms with Gasteiger partial charge >= 0.3 is 0 Å². The number of rotatable bonds is 3. The molecule has 2 rings (SSSR count). The maximum absolute atomic E-state index is 12.0. The van der Waals surface area contributed by atoms with Gasteiger partial charge in [-0.25, -0.2) is 13.1 Å². The van der Waals surface area contributed by atoms with Gasteiger partial charge in [-0.05, 0) is 31.2 Å². The van der Waals surface area contributed by atoms with E-state index in [4.69, 9.17) is 0 Å². The smallest absolute Gasteiger partial charge is 0.281 e. The molecule has 0 spiro atoms. The van der Waals surface area contributed by atoms with Crippen LogP contribution in [0.25, 0.3) is 0 Å². The highest BCUT2D eigenvalue weighted by Gasteiger charge is 2.20. The number of aromatic nitrogens is 1. The maximum atomic E-state index is 12.0. The van der Waals surface area contributed by atoms with Crippen molar-refractivity contribution in [3.63, 3.8) is 0 Å². The Balaban J connectivity index is 2.27. The summed E-state index contributed by atoms with van der Waals surface area (Å²) in [6, 6.07) is 11.1. The first-order valence-corrected chi connectivity index (χ1v) is 7.14. The molecule has 0 saturated heterocycles. The molecule has 1 aromatic carbocycles. The fourth-order valence-corrected chi connectivity index (χ4v) is 2.66. The van der Waals surface area contributed by atoms with Gasteiger partial charge in [-0.15, -0.1) is 0 Å². The topological polar surface area (TPSA) is 68.2 Å². The zero-order chi connectivity index (χ0) is 14.0. The van der Waals surface area contributed by atoms with E-state index in [-0.39, 0.29) is 4.90 Å². The molecule has 1 heterocycles. The van der Waals surface area contributed by atoms with E-state index < -0.39 is 15.9 Å². The van der Waals surface area contributed by atoms with Crippen molar-refractivity contribution >= 4 is 15.9 Å². The Morgan fingerprint density at radius 3 is 2.26 bits per heavy atom. The summed E-state index contributed by atoms with van der Waals surface area (Å²) >= 11 is 0. The molecular weight excluding hydrogens is 264 g/mol. The largest absolute Gasteiger partial charge is 0.344 e. The van der Waals surface area contributed by atoms with Gasteiger partial charge in [0.15, 0.2) is 0 Å². The Labute approximate surface area is 111 Å². The minimum absolute atomic E-state index is 0.0641. The van der Waals surface area contributed by atoms with Crippen molar-refractivity contribution in [2.45, 2.75) is 11.8 Å². The maximum Gasteiger partial charge on any atom is 0.281 e. The Hall–Kier alpha value is -2.08. The summed E-state index contributed by atoms with van der Waals surface area (Å²) in [6.07, 6.45) is 0. The lowest BCUT2D eigenvalue weighted by atomic mass is 10.4. The molecule has 6 heteroatoms. The third kappa shape index (κ3) is 2.68. The highest BCUT2D eigenvalue weighted by atomic mass is 32.2. The zero-order valence-electron chi connectivity index (χ0n) is 10.6. The molecule has 2 aromatic rings. The normalized spacial score (nSPS) is 11.3. The fourth-order valence-electron chi connectivity index (χ4n) is 1.67. The number of aryl methyl sites for hydroxylation is 1. The molecule has 0 fully saturated rings. The highest BCUT2D eigenvalue weighted by Crippen LogP contribution is 2.10. The van der Waals surface area contributed by atoms with E-state index in [1.165, 1.54) is 12.1 Å². The van der Waals surface area contributed by atoms with Gasteiger partial charge in [0.2, 0.25) is 0 Å². The first-order chi connectivity index (χ1) is 8.92. The van der Waals surface area contributed by atoms with Crippen molar-refractivity contribution in [2.24, 2.45) is 7.05 Å². The van der Waals surface area contributed by atoms with Gasteiger partial charge in [0.1, 0.15) is 5.69 Å². The van der Waals surface area contributed by atoms with Gasteiger partial charge in [-0.2, -0.15) is 0 Å². The Bertz CT molecular complexity index is 703. The summed E-state index contributed by atoms with van der Waals surface area (Å²) < 4.78 is 27.7. The summed E-state index contributed by atoms with van der Waals surface area (Å²) in [5.41, 5.74) is 1.18. The molecule has 5 nitrogen and oxygen atoms in total. The number of hydrogen-bond acceptors (Lipinski definition) is 3. The van der Waals surface area contributed by atoms with E-state index in [1.807, 2.05) is 6.92 Å². The standard InChI is InChI=1S/C13H14N2O3S/c1-10-8-9-12(15(10)2)13(16)14-19(17,18)11-6-4-3-5-7-11/h3-9H,1-2H3,(H,14,16). The monoisotopic (exact) mass is 278 g/mol. The first kappa shape index (κ1) is 13.4. The molecular formula is C13H14N2O3S. The number of carbonyl (C=O) groups excluding carboxylic acids is 1. The van der Waals surface area contributed by atoms with E-state index in [9.17, 15) is 13.2 Å². The van der Waals surface area contributed by atoms with Crippen LogP contribution in [0.1, 0.15) is 16.2 Å². The van der Waals surface area contributed by atoms with E-state index in [0.717, 1.165) is 5.69 Å². The van der Waals surface area contributed by atoms with Gasteiger partial charge in [-0.1, -0.05) is 18.2 Å². The van der Waals surface area contributed by atoms with E-state index in [2.05, 4.69) is 4.72 Å². The number of sulfonamides is 1. The van der Waals surface area contributed by atoms with E-state index in [0.29, 0.717) is 5.69 Å². The SMILES string of the molecule is Cc1ccc(C(=O)NS(=O)(=O)c2ccccc2)n1C. The second-order valence-electron chi connectivity index (χ2n) is 4.17. The number of hydrogen-bond donors (Lipinski definition) is 1. The molecule has 1 amide bonds. The molecule has 0 aliphatic rings. The first-order valence-electron chi connectivity index (χ1n) is 5.66.